The van der Waals surface area contributed by atoms with Crippen LogP contribution in [-0.2, 0) is 9.84 Å². The van der Waals surface area contributed by atoms with Crippen LogP contribution >= 0.6 is 0 Å². The van der Waals surface area contributed by atoms with Gasteiger partial charge in [0.05, 0.1) is 17.8 Å². The molecule has 0 saturated heterocycles. The quantitative estimate of drug-likeness (QED) is 0.733. The molecular weight excluding hydrogens is 310 g/mol. The molecule has 0 saturated carbocycles. The number of methoxy groups -OCH3 is 1. The van der Waals surface area contributed by atoms with E-state index >= 15 is 0 Å². The van der Waals surface area contributed by atoms with Crippen LogP contribution in [0.5, 0.6) is 5.75 Å². The van der Waals surface area contributed by atoms with E-state index in [1.54, 1.807) is 38.6 Å². The lowest BCUT2D eigenvalue weighted by atomic mass is 10.0. The summed E-state index contributed by atoms with van der Waals surface area (Å²) in [6.45, 7) is 1.66. The minimum absolute atomic E-state index is 0.0660. The molecule has 0 radical (unpaired) electrons. The average Bonchev–Trinajstić information content (AvgIpc) is 2.60. The van der Waals surface area contributed by atoms with Gasteiger partial charge in [0.1, 0.15) is 5.75 Å². The standard InChI is InChI=1S/C18H17NO3S/c1-3-23(20,21)18-11-14(10-15-12-19-9-8-17(15)18)13-4-6-16(22-2)7-5-13/h4-12H,3H2,1-2H3. The van der Waals surface area contributed by atoms with Crippen LogP contribution < -0.4 is 4.74 Å². The largest absolute Gasteiger partial charge is 0.497 e. The third kappa shape index (κ3) is 2.92. The van der Waals surface area contributed by atoms with Crippen molar-refractivity contribution in [2.75, 3.05) is 12.9 Å². The minimum Gasteiger partial charge on any atom is -0.497 e. The van der Waals surface area contributed by atoms with Crippen LogP contribution in [-0.4, -0.2) is 26.3 Å². The lowest BCUT2D eigenvalue weighted by Gasteiger charge is -2.11. The number of benzene rings is 2. The Morgan fingerprint density at radius 2 is 1.78 bits per heavy atom. The zero-order valence-electron chi connectivity index (χ0n) is 13.0. The SMILES string of the molecule is CCS(=O)(=O)c1cc(-c2ccc(OC)cc2)cc2cnccc12. The lowest BCUT2D eigenvalue weighted by molar-refractivity contribution is 0.415. The Kier molecular flexibility index (Phi) is 4.05. The topological polar surface area (TPSA) is 56.3 Å². The molecule has 0 atom stereocenters. The number of fused-ring (bicyclic) bond motifs is 1. The molecule has 0 fully saturated rings. The molecule has 3 aromatic rings. The van der Waals surface area contributed by atoms with Gasteiger partial charge in [-0.25, -0.2) is 8.42 Å². The fourth-order valence-corrected chi connectivity index (χ4v) is 3.68. The van der Waals surface area contributed by atoms with Crippen LogP contribution in [0.15, 0.2) is 59.8 Å². The zero-order chi connectivity index (χ0) is 16.4. The summed E-state index contributed by atoms with van der Waals surface area (Å²) in [6, 6.07) is 13.0. The highest BCUT2D eigenvalue weighted by Crippen LogP contribution is 2.31. The number of ether oxygens (including phenoxy) is 1. The van der Waals surface area contributed by atoms with Crippen LogP contribution in [0.2, 0.25) is 0 Å². The smallest absolute Gasteiger partial charge is 0.178 e. The van der Waals surface area contributed by atoms with E-state index in [0.29, 0.717) is 10.3 Å². The first-order chi connectivity index (χ1) is 11.0. The van der Waals surface area contributed by atoms with E-state index in [9.17, 15) is 8.42 Å². The molecule has 0 spiro atoms. The summed E-state index contributed by atoms with van der Waals surface area (Å²) in [5.41, 5.74) is 1.78. The van der Waals surface area contributed by atoms with E-state index in [2.05, 4.69) is 4.98 Å². The van der Waals surface area contributed by atoms with Crippen LogP contribution in [0, 0.1) is 0 Å². The van der Waals surface area contributed by atoms with Crippen molar-refractivity contribution in [3.63, 3.8) is 0 Å². The lowest BCUT2D eigenvalue weighted by Crippen LogP contribution is -2.05. The molecule has 0 aliphatic heterocycles. The van der Waals surface area contributed by atoms with Gasteiger partial charge in [0.25, 0.3) is 0 Å². The van der Waals surface area contributed by atoms with Crippen molar-refractivity contribution in [3.05, 3.63) is 54.9 Å². The molecule has 0 aliphatic carbocycles. The maximum absolute atomic E-state index is 12.5. The number of aromatic nitrogens is 1. The van der Waals surface area contributed by atoms with Gasteiger partial charge >= 0.3 is 0 Å². The molecule has 2 aromatic carbocycles. The Bertz CT molecular complexity index is 948. The molecule has 4 nitrogen and oxygen atoms in total. The molecule has 23 heavy (non-hydrogen) atoms. The fraction of sp³-hybridized carbons (Fsp3) is 0.167. The highest BCUT2D eigenvalue weighted by Gasteiger charge is 2.17. The van der Waals surface area contributed by atoms with Gasteiger partial charge in [-0.3, -0.25) is 4.98 Å². The van der Waals surface area contributed by atoms with Gasteiger partial charge in [-0.05, 0) is 41.5 Å². The van der Waals surface area contributed by atoms with Crippen molar-refractivity contribution in [1.29, 1.82) is 0 Å². The van der Waals surface area contributed by atoms with E-state index in [1.165, 1.54) is 0 Å². The molecular formula is C18H17NO3S. The summed E-state index contributed by atoms with van der Waals surface area (Å²) in [6.07, 6.45) is 3.31. The molecule has 0 unspecified atom stereocenters. The third-order valence-corrected chi connectivity index (χ3v) is 5.62. The molecule has 5 heteroatoms. The van der Waals surface area contributed by atoms with E-state index in [4.69, 9.17) is 4.74 Å². The Labute approximate surface area is 135 Å². The van der Waals surface area contributed by atoms with E-state index in [1.807, 2.05) is 30.3 Å². The van der Waals surface area contributed by atoms with Gasteiger partial charge in [-0.15, -0.1) is 0 Å². The summed E-state index contributed by atoms with van der Waals surface area (Å²) in [5, 5.41) is 1.52. The molecule has 3 rings (SSSR count). The minimum atomic E-state index is -3.32. The van der Waals surface area contributed by atoms with Crippen molar-refractivity contribution in [1.82, 2.24) is 4.98 Å². The Balaban J connectivity index is 2.26. The van der Waals surface area contributed by atoms with Crippen molar-refractivity contribution < 1.29 is 13.2 Å². The van der Waals surface area contributed by atoms with Gasteiger partial charge < -0.3 is 4.74 Å². The highest BCUT2D eigenvalue weighted by molar-refractivity contribution is 7.91. The number of hydrogen-bond acceptors (Lipinski definition) is 4. The molecule has 0 bridgehead atoms. The predicted octanol–water partition coefficient (Wildman–Crippen LogP) is 3.70. The average molecular weight is 327 g/mol. The summed E-state index contributed by atoms with van der Waals surface area (Å²) < 4.78 is 30.1. The van der Waals surface area contributed by atoms with Crippen LogP contribution in [0.25, 0.3) is 21.9 Å². The first-order valence-corrected chi connectivity index (χ1v) is 8.95. The molecule has 0 amide bonds. The maximum Gasteiger partial charge on any atom is 0.178 e. The first kappa shape index (κ1) is 15.5. The van der Waals surface area contributed by atoms with Gasteiger partial charge in [0.2, 0.25) is 0 Å². The maximum atomic E-state index is 12.5. The van der Waals surface area contributed by atoms with Crippen molar-refractivity contribution in [2.24, 2.45) is 0 Å². The van der Waals surface area contributed by atoms with Crippen molar-refractivity contribution >= 4 is 20.6 Å². The first-order valence-electron chi connectivity index (χ1n) is 7.30. The van der Waals surface area contributed by atoms with E-state index < -0.39 is 9.84 Å². The number of pyridine rings is 1. The van der Waals surface area contributed by atoms with E-state index in [0.717, 1.165) is 22.3 Å². The molecule has 0 aliphatic rings. The second kappa shape index (κ2) is 6.01. The monoisotopic (exact) mass is 327 g/mol. The predicted molar refractivity (Wildman–Crippen MR) is 91.5 cm³/mol. The molecule has 1 aromatic heterocycles. The fourth-order valence-electron chi connectivity index (χ4n) is 2.54. The number of nitrogens with zero attached hydrogens (tertiary/aromatic N) is 1. The highest BCUT2D eigenvalue weighted by atomic mass is 32.2. The van der Waals surface area contributed by atoms with Crippen LogP contribution in [0.4, 0.5) is 0 Å². The summed E-state index contributed by atoms with van der Waals surface area (Å²) in [7, 11) is -1.71. The second-order valence-corrected chi connectivity index (χ2v) is 7.45. The Morgan fingerprint density at radius 1 is 1.04 bits per heavy atom. The zero-order valence-corrected chi connectivity index (χ0v) is 13.8. The van der Waals surface area contributed by atoms with Crippen LogP contribution in [0.3, 0.4) is 0 Å². The summed E-state index contributed by atoms with van der Waals surface area (Å²) in [4.78, 5) is 4.46. The molecule has 0 N–H and O–H groups in total. The molecule has 118 valence electrons. The van der Waals surface area contributed by atoms with Gasteiger partial charge in [-0.1, -0.05) is 19.1 Å². The van der Waals surface area contributed by atoms with Gasteiger partial charge in [-0.2, -0.15) is 0 Å². The Morgan fingerprint density at radius 3 is 2.43 bits per heavy atom. The third-order valence-electron chi connectivity index (χ3n) is 3.85. The number of hydrogen-bond donors (Lipinski definition) is 0. The number of sulfone groups is 1. The summed E-state index contributed by atoms with van der Waals surface area (Å²) >= 11 is 0. The van der Waals surface area contributed by atoms with Gasteiger partial charge in [0.15, 0.2) is 9.84 Å². The van der Waals surface area contributed by atoms with E-state index in [-0.39, 0.29) is 5.75 Å². The van der Waals surface area contributed by atoms with Crippen LogP contribution in [0.1, 0.15) is 6.92 Å². The molecule has 1 heterocycles. The van der Waals surface area contributed by atoms with Crippen molar-refractivity contribution in [3.8, 4) is 16.9 Å². The van der Waals surface area contributed by atoms with Gasteiger partial charge in [0, 0.05) is 23.2 Å². The second-order valence-electron chi connectivity index (χ2n) is 5.20. The Hall–Kier alpha value is -2.40. The summed E-state index contributed by atoms with van der Waals surface area (Å²) in [5.74, 6) is 0.828. The van der Waals surface area contributed by atoms with Crippen molar-refractivity contribution in [2.45, 2.75) is 11.8 Å². The normalized spacial score (nSPS) is 11.6. The number of rotatable bonds is 4.